The molecule has 1 aliphatic carbocycles. The zero-order valence-corrected chi connectivity index (χ0v) is 17.1. The van der Waals surface area contributed by atoms with Crippen LogP contribution in [0, 0.1) is 11.8 Å². The predicted octanol–water partition coefficient (Wildman–Crippen LogP) is 0.267. The van der Waals surface area contributed by atoms with E-state index in [0.717, 1.165) is 31.6 Å². The van der Waals surface area contributed by atoms with Gasteiger partial charge in [0.2, 0.25) is 0 Å². The Morgan fingerprint density at radius 2 is 1.93 bits per heavy atom. The molecule has 0 bridgehead atoms. The lowest BCUT2D eigenvalue weighted by atomic mass is 9.91. The summed E-state index contributed by atoms with van der Waals surface area (Å²) in [5, 5.41) is 0.388. The van der Waals surface area contributed by atoms with Crippen molar-refractivity contribution in [3.8, 4) is 5.75 Å². The van der Waals surface area contributed by atoms with E-state index in [1.165, 1.54) is 0 Å². The van der Waals surface area contributed by atoms with Gasteiger partial charge in [0.05, 0.1) is 24.8 Å². The summed E-state index contributed by atoms with van der Waals surface area (Å²) in [6, 6.07) is 3.61. The van der Waals surface area contributed by atoms with Gasteiger partial charge in [-0.1, -0.05) is 6.92 Å². The Morgan fingerprint density at radius 1 is 1.21 bits per heavy atom. The van der Waals surface area contributed by atoms with Gasteiger partial charge in [-0.3, -0.25) is 9.36 Å². The Morgan fingerprint density at radius 3 is 2.55 bits per heavy atom. The first-order valence-corrected chi connectivity index (χ1v) is 10.0. The quantitative estimate of drug-likeness (QED) is 0.665. The number of nitrogen functional groups attached to an aromatic ring is 1. The zero-order chi connectivity index (χ0) is 20.9. The van der Waals surface area contributed by atoms with Gasteiger partial charge in [-0.15, -0.1) is 0 Å². The summed E-state index contributed by atoms with van der Waals surface area (Å²) in [5.74, 6) is 6.95. The highest BCUT2D eigenvalue weighted by atomic mass is 16.5. The minimum atomic E-state index is -0.512. The van der Waals surface area contributed by atoms with Gasteiger partial charge in [0.25, 0.3) is 5.56 Å². The van der Waals surface area contributed by atoms with Crippen LogP contribution in [0.1, 0.15) is 25.8 Å². The SMILES string of the molecule is COC[C@H](N)[C@H]1CN(c2ccc3c(=O)n(N)c(=O)n(C4CC4)c3c2OC)C[C@H]1C. The second-order valence-electron chi connectivity index (χ2n) is 8.24. The van der Waals surface area contributed by atoms with Crippen LogP contribution in [-0.4, -0.2) is 49.2 Å². The minimum Gasteiger partial charge on any atom is -0.492 e. The minimum absolute atomic E-state index is 0.0462. The molecule has 0 spiro atoms. The van der Waals surface area contributed by atoms with Crippen LogP contribution in [-0.2, 0) is 4.74 Å². The lowest BCUT2D eigenvalue weighted by Crippen LogP contribution is -2.44. The second kappa shape index (κ2) is 7.38. The van der Waals surface area contributed by atoms with Crippen LogP contribution in [0.3, 0.4) is 0 Å². The number of fused-ring (bicyclic) bond motifs is 1. The van der Waals surface area contributed by atoms with Crippen LogP contribution in [0.2, 0.25) is 0 Å². The fraction of sp³-hybridized carbons (Fsp3) is 0.600. The van der Waals surface area contributed by atoms with Crippen molar-refractivity contribution in [2.24, 2.45) is 17.6 Å². The van der Waals surface area contributed by atoms with Crippen molar-refractivity contribution < 1.29 is 9.47 Å². The Bertz CT molecular complexity index is 1040. The van der Waals surface area contributed by atoms with Gasteiger partial charge in [-0.25, -0.2) is 4.79 Å². The first-order valence-electron chi connectivity index (χ1n) is 10.0. The summed E-state index contributed by atoms with van der Waals surface area (Å²) >= 11 is 0. The van der Waals surface area contributed by atoms with E-state index >= 15 is 0 Å². The molecule has 0 unspecified atom stereocenters. The van der Waals surface area contributed by atoms with E-state index in [1.54, 1.807) is 24.9 Å². The molecule has 1 aromatic carbocycles. The number of anilines is 1. The van der Waals surface area contributed by atoms with Crippen molar-refractivity contribution in [2.75, 3.05) is 44.7 Å². The Kier molecular flexibility index (Phi) is 5.04. The Labute approximate surface area is 168 Å². The molecule has 1 aromatic heterocycles. The maximum absolute atomic E-state index is 12.8. The van der Waals surface area contributed by atoms with E-state index in [0.29, 0.717) is 33.9 Å². The average Bonchev–Trinajstić information content (AvgIpc) is 3.46. The number of hydrogen-bond donors (Lipinski definition) is 2. The maximum atomic E-state index is 12.8. The van der Waals surface area contributed by atoms with Crippen molar-refractivity contribution >= 4 is 16.6 Å². The molecule has 29 heavy (non-hydrogen) atoms. The first kappa shape index (κ1) is 19.8. The summed E-state index contributed by atoms with van der Waals surface area (Å²) in [5.41, 5.74) is 6.70. The highest BCUT2D eigenvalue weighted by molar-refractivity contribution is 5.90. The van der Waals surface area contributed by atoms with Crippen molar-refractivity contribution in [3.63, 3.8) is 0 Å². The lowest BCUT2D eigenvalue weighted by Gasteiger charge is -2.25. The number of hydrogen-bond acceptors (Lipinski definition) is 7. The molecule has 4 rings (SSSR count). The molecule has 1 saturated carbocycles. The normalized spacial score (nSPS) is 23.0. The number of methoxy groups -OCH3 is 2. The van der Waals surface area contributed by atoms with Gasteiger partial charge in [0.1, 0.15) is 5.52 Å². The largest absolute Gasteiger partial charge is 0.492 e. The molecule has 9 heteroatoms. The molecule has 1 aliphatic heterocycles. The summed E-state index contributed by atoms with van der Waals surface area (Å²) in [4.78, 5) is 27.6. The van der Waals surface area contributed by atoms with Crippen LogP contribution in [0.15, 0.2) is 21.7 Å². The number of nitrogens with two attached hydrogens (primary N) is 2. The summed E-state index contributed by atoms with van der Waals surface area (Å²) in [6.07, 6.45) is 1.77. The predicted molar refractivity (Wildman–Crippen MR) is 112 cm³/mol. The summed E-state index contributed by atoms with van der Waals surface area (Å²) in [6.45, 7) is 4.26. The van der Waals surface area contributed by atoms with Gasteiger partial charge >= 0.3 is 5.69 Å². The van der Waals surface area contributed by atoms with E-state index in [1.807, 2.05) is 6.07 Å². The van der Waals surface area contributed by atoms with Crippen LogP contribution in [0.25, 0.3) is 10.9 Å². The van der Waals surface area contributed by atoms with Crippen molar-refractivity contribution in [1.82, 2.24) is 9.24 Å². The molecular formula is C20H29N5O4. The third-order valence-electron chi connectivity index (χ3n) is 6.25. The van der Waals surface area contributed by atoms with E-state index in [2.05, 4.69) is 11.8 Å². The van der Waals surface area contributed by atoms with E-state index in [9.17, 15) is 9.59 Å². The van der Waals surface area contributed by atoms with E-state index in [4.69, 9.17) is 21.1 Å². The van der Waals surface area contributed by atoms with Crippen molar-refractivity contribution in [3.05, 3.63) is 33.0 Å². The van der Waals surface area contributed by atoms with Gasteiger partial charge < -0.3 is 25.9 Å². The number of nitrogens with zero attached hydrogens (tertiary/aromatic N) is 3. The van der Waals surface area contributed by atoms with Gasteiger partial charge in [-0.05, 0) is 36.8 Å². The molecule has 2 aliphatic rings. The third-order valence-corrected chi connectivity index (χ3v) is 6.25. The van der Waals surface area contributed by atoms with Crippen LogP contribution >= 0.6 is 0 Å². The second-order valence-corrected chi connectivity index (χ2v) is 8.24. The smallest absolute Gasteiger partial charge is 0.350 e. The number of benzene rings is 1. The molecule has 3 atom stereocenters. The van der Waals surface area contributed by atoms with Gasteiger partial charge in [-0.2, -0.15) is 4.68 Å². The number of aromatic nitrogens is 2. The molecular weight excluding hydrogens is 374 g/mol. The van der Waals surface area contributed by atoms with Crippen LogP contribution in [0.4, 0.5) is 5.69 Å². The fourth-order valence-electron chi connectivity index (χ4n) is 4.58. The maximum Gasteiger partial charge on any atom is 0.350 e. The monoisotopic (exact) mass is 403 g/mol. The number of ether oxygens (including phenoxy) is 2. The van der Waals surface area contributed by atoms with E-state index in [-0.39, 0.29) is 18.0 Å². The molecule has 2 heterocycles. The molecule has 0 amide bonds. The van der Waals surface area contributed by atoms with Crippen LogP contribution < -0.4 is 32.5 Å². The highest BCUT2D eigenvalue weighted by Gasteiger charge is 2.36. The molecule has 2 aromatic rings. The highest BCUT2D eigenvalue weighted by Crippen LogP contribution is 2.42. The first-order chi connectivity index (χ1) is 13.9. The Balaban J connectivity index is 1.85. The fourth-order valence-corrected chi connectivity index (χ4v) is 4.58. The average molecular weight is 403 g/mol. The molecule has 9 nitrogen and oxygen atoms in total. The van der Waals surface area contributed by atoms with Gasteiger partial charge in [0, 0.05) is 32.3 Å². The standard InChI is InChI=1S/C20H29N5O4/c1-11-8-23(9-14(11)15(21)10-28-2)16-7-6-13-17(18(16)29-3)24(12-4-5-12)20(27)25(22)19(13)26/h6-7,11-12,14-15H,4-5,8-10,21-22H2,1-3H3/t11-,14+,15+/m1/s1. The number of rotatable bonds is 6. The van der Waals surface area contributed by atoms with Crippen LogP contribution in [0.5, 0.6) is 5.75 Å². The topological polar surface area (TPSA) is 118 Å². The van der Waals surface area contributed by atoms with E-state index < -0.39 is 11.2 Å². The van der Waals surface area contributed by atoms with Crippen molar-refractivity contribution in [2.45, 2.75) is 31.8 Å². The summed E-state index contributed by atoms with van der Waals surface area (Å²) in [7, 11) is 3.23. The molecule has 158 valence electrons. The van der Waals surface area contributed by atoms with Gasteiger partial charge in [0.15, 0.2) is 5.75 Å². The molecule has 2 fully saturated rings. The molecule has 1 saturated heterocycles. The van der Waals surface area contributed by atoms with Crippen molar-refractivity contribution in [1.29, 1.82) is 0 Å². The zero-order valence-electron chi connectivity index (χ0n) is 17.1. The lowest BCUT2D eigenvalue weighted by molar-refractivity contribution is 0.152. The Hall–Kier alpha value is -2.52. The molecule has 0 radical (unpaired) electrons. The molecule has 4 N–H and O–H groups in total. The summed E-state index contributed by atoms with van der Waals surface area (Å²) < 4.78 is 13.3. The third kappa shape index (κ3) is 3.18.